The van der Waals surface area contributed by atoms with Crippen LogP contribution in [0.2, 0.25) is 0 Å². The zero-order chi connectivity index (χ0) is 18.6. The van der Waals surface area contributed by atoms with E-state index < -0.39 is 9.85 Å². The number of nitro groups is 2. The molecule has 0 aromatic heterocycles. The molecule has 1 heterocycles. The number of anilines is 1. The number of non-ortho nitro benzene ring substituents is 1. The van der Waals surface area contributed by atoms with E-state index in [1.54, 1.807) is 0 Å². The zero-order valence-corrected chi connectivity index (χ0v) is 14.7. The molecule has 2 fully saturated rings. The van der Waals surface area contributed by atoms with E-state index in [9.17, 15) is 20.2 Å². The molecule has 26 heavy (non-hydrogen) atoms. The first-order valence-electron chi connectivity index (χ1n) is 9.01. The predicted octanol–water partition coefficient (Wildman–Crippen LogP) is 2.95. The summed E-state index contributed by atoms with van der Waals surface area (Å²) < 4.78 is 5.47. The highest BCUT2D eigenvalue weighted by Gasteiger charge is 2.38. The maximum absolute atomic E-state index is 11.3. The Morgan fingerprint density at radius 1 is 1.08 bits per heavy atom. The first-order valence-corrected chi connectivity index (χ1v) is 9.01. The van der Waals surface area contributed by atoms with Crippen molar-refractivity contribution in [2.24, 2.45) is 0 Å². The smallest absolute Gasteiger partial charge is 0.299 e. The summed E-state index contributed by atoms with van der Waals surface area (Å²) in [7, 11) is 0. The molecule has 9 nitrogen and oxygen atoms in total. The lowest BCUT2D eigenvalue weighted by Crippen LogP contribution is -2.58. The van der Waals surface area contributed by atoms with Gasteiger partial charge >= 0.3 is 0 Å². The summed E-state index contributed by atoms with van der Waals surface area (Å²) in [6, 6.07) is 3.76. The van der Waals surface area contributed by atoms with Crippen LogP contribution < -0.4 is 5.32 Å². The molecule has 0 atom stereocenters. The quantitative estimate of drug-likeness (QED) is 0.610. The topological polar surface area (TPSA) is 111 Å². The number of morpholine rings is 1. The first-order chi connectivity index (χ1) is 12.5. The van der Waals surface area contributed by atoms with Crippen LogP contribution in [0.25, 0.3) is 0 Å². The second-order valence-electron chi connectivity index (χ2n) is 6.95. The lowest BCUT2D eigenvalue weighted by molar-refractivity contribution is -0.393. The molecule has 0 radical (unpaired) electrons. The van der Waals surface area contributed by atoms with E-state index in [-0.39, 0.29) is 16.9 Å². The van der Waals surface area contributed by atoms with Gasteiger partial charge in [0, 0.05) is 31.2 Å². The highest BCUT2D eigenvalue weighted by atomic mass is 16.6. The molecule has 0 bridgehead atoms. The predicted molar refractivity (Wildman–Crippen MR) is 96.4 cm³/mol. The van der Waals surface area contributed by atoms with E-state index in [4.69, 9.17) is 4.74 Å². The van der Waals surface area contributed by atoms with Crippen molar-refractivity contribution < 1.29 is 14.6 Å². The third-order valence-electron chi connectivity index (χ3n) is 5.46. The van der Waals surface area contributed by atoms with E-state index in [2.05, 4.69) is 10.2 Å². The Labute approximate surface area is 151 Å². The maximum atomic E-state index is 11.3. The van der Waals surface area contributed by atoms with Crippen LogP contribution in [0.3, 0.4) is 0 Å². The van der Waals surface area contributed by atoms with Crippen LogP contribution in [0.15, 0.2) is 18.2 Å². The molecule has 0 amide bonds. The number of benzene rings is 1. The number of hydrogen-bond donors (Lipinski definition) is 1. The Hall–Kier alpha value is -2.26. The van der Waals surface area contributed by atoms with Crippen LogP contribution in [0, 0.1) is 20.2 Å². The Bertz CT molecular complexity index is 669. The molecule has 1 aliphatic carbocycles. The summed E-state index contributed by atoms with van der Waals surface area (Å²) >= 11 is 0. The molecular weight excluding hydrogens is 340 g/mol. The Morgan fingerprint density at radius 2 is 1.77 bits per heavy atom. The van der Waals surface area contributed by atoms with Crippen molar-refractivity contribution in [3.63, 3.8) is 0 Å². The number of nitrogens with zero attached hydrogens (tertiary/aromatic N) is 3. The number of nitro benzene ring substituents is 2. The third kappa shape index (κ3) is 3.94. The zero-order valence-electron chi connectivity index (χ0n) is 14.7. The van der Waals surface area contributed by atoms with E-state index in [0.717, 1.165) is 44.8 Å². The molecule has 1 N–H and O–H groups in total. The monoisotopic (exact) mass is 364 g/mol. The Balaban J connectivity index is 1.80. The van der Waals surface area contributed by atoms with Crippen molar-refractivity contribution in [2.75, 3.05) is 38.2 Å². The number of rotatable bonds is 6. The molecule has 0 unspecified atom stereocenters. The fourth-order valence-electron chi connectivity index (χ4n) is 4.05. The molecule has 1 saturated heterocycles. The molecule has 3 rings (SSSR count). The minimum atomic E-state index is -0.618. The minimum absolute atomic E-state index is 0.0440. The summed E-state index contributed by atoms with van der Waals surface area (Å²) in [6.07, 6.45) is 5.58. The molecule has 142 valence electrons. The van der Waals surface area contributed by atoms with Crippen molar-refractivity contribution >= 4 is 17.1 Å². The number of ether oxygens (including phenoxy) is 1. The van der Waals surface area contributed by atoms with Gasteiger partial charge in [0.05, 0.1) is 29.1 Å². The van der Waals surface area contributed by atoms with Crippen LogP contribution in [0.4, 0.5) is 17.1 Å². The molecule has 1 aromatic rings. The largest absolute Gasteiger partial charge is 0.379 e. The van der Waals surface area contributed by atoms with Gasteiger partial charge in [-0.25, -0.2) is 0 Å². The average molecular weight is 364 g/mol. The Morgan fingerprint density at radius 3 is 2.38 bits per heavy atom. The molecule has 1 saturated carbocycles. The fourth-order valence-corrected chi connectivity index (χ4v) is 4.05. The number of nitrogens with one attached hydrogen (secondary N) is 1. The fraction of sp³-hybridized carbons (Fsp3) is 0.647. The van der Waals surface area contributed by atoms with E-state index >= 15 is 0 Å². The second kappa shape index (κ2) is 7.96. The van der Waals surface area contributed by atoms with Crippen molar-refractivity contribution in [3.8, 4) is 0 Å². The van der Waals surface area contributed by atoms with Gasteiger partial charge in [-0.2, -0.15) is 0 Å². The number of hydrogen-bond acceptors (Lipinski definition) is 7. The van der Waals surface area contributed by atoms with Crippen molar-refractivity contribution in [1.82, 2.24) is 4.90 Å². The van der Waals surface area contributed by atoms with Gasteiger partial charge < -0.3 is 10.1 Å². The van der Waals surface area contributed by atoms with Gasteiger partial charge in [0.2, 0.25) is 0 Å². The van der Waals surface area contributed by atoms with Gasteiger partial charge in [-0.1, -0.05) is 19.3 Å². The summed E-state index contributed by atoms with van der Waals surface area (Å²) in [4.78, 5) is 23.5. The highest BCUT2D eigenvalue weighted by Crippen LogP contribution is 2.36. The summed E-state index contributed by atoms with van der Waals surface area (Å²) in [5.41, 5.74) is -0.244. The van der Waals surface area contributed by atoms with E-state index in [0.29, 0.717) is 25.4 Å². The lowest BCUT2D eigenvalue weighted by atomic mass is 9.79. The Kier molecular flexibility index (Phi) is 5.67. The van der Waals surface area contributed by atoms with Crippen LogP contribution in [0.1, 0.15) is 32.1 Å². The first kappa shape index (κ1) is 18.5. The molecule has 9 heteroatoms. The van der Waals surface area contributed by atoms with Crippen LogP contribution in [-0.4, -0.2) is 53.1 Å². The minimum Gasteiger partial charge on any atom is -0.379 e. The van der Waals surface area contributed by atoms with Gasteiger partial charge in [-0.15, -0.1) is 0 Å². The standard InChI is InChI=1S/C17H24N4O5/c22-20(23)14-4-5-15(16(12-14)21(24)25)18-13-17(6-2-1-3-7-17)19-8-10-26-11-9-19/h4-5,12,18H,1-3,6-11,13H2. The maximum Gasteiger partial charge on any atom is 0.299 e. The SMILES string of the molecule is O=[N+]([O-])c1ccc(NCC2(N3CCOCC3)CCCCC2)c([N+](=O)[O-])c1. The third-order valence-corrected chi connectivity index (χ3v) is 5.46. The molecule has 1 aliphatic heterocycles. The summed E-state index contributed by atoms with van der Waals surface area (Å²) in [6.45, 7) is 3.73. The van der Waals surface area contributed by atoms with Crippen LogP contribution in [0.5, 0.6) is 0 Å². The van der Waals surface area contributed by atoms with Crippen LogP contribution >= 0.6 is 0 Å². The van der Waals surface area contributed by atoms with Crippen LogP contribution in [-0.2, 0) is 4.74 Å². The summed E-state index contributed by atoms with van der Waals surface area (Å²) in [5.74, 6) is 0. The van der Waals surface area contributed by atoms with E-state index in [1.165, 1.54) is 18.6 Å². The molecule has 2 aliphatic rings. The molecular formula is C17H24N4O5. The van der Waals surface area contributed by atoms with Gasteiger partial charge in [0.1, 0.15) is 5.69 Å². The lowest BCUT2D eigenvalue weighted by Gasteiger charge is -2.48. The van der Waals surface area contributed by atoms with Gasteiger partial charge in [-0.05, 0) is 18.9 Å². The normalized spacial score (nSPS) is 20.5. The van der Waals surface area contributed by atoms with Crippen molar-refractivity contribution in [2.45, 2.75) is 37.6 Å². The summed E-state index contributed by atoms with van der Waals surface area (Å²) in [5, 5.41) is 25.5. The van der Waals surface area contributed by atoms with Gasteiger partial charge in [-0.3, -0.25) is 25.1 Å². The van der Waals surface area contributed by atoms with Gasteiger partial charge in [0.25, 0.3) is 11.4 Å². The molecule has 1 aromatic carbocycles. The van der Waals surface area contributed by atoms with E-state index in [1.807, 2.05) is 0 Å². The van der Waals surface area contributed by atoms with Gasteiger partial charge in [0.15, 0.2) is 0 Å². The highest BCUT2D eigenvalue weighted by molar-refractivity contribution is 5.65. The van der Waals surface area contributed by atoms with Crippen molar-refractivity contribution in [1.29, 1.82) is 0 Å². The van der Waals surface area contributed by atoms with Crippen molar-refractivity contribution in [3.05, 3.63) is 38.4 Å². The second-order valence-corrected chi connectivity index (χ2v) is 6.95. The molecule has 0 spiro atoms. The average Bonchev–Trinajstić information content (AvgIpc) is 2.67.